The normalized spacial score (nSPS) is 11.9. The first-order valence-electron chi connectivity index (χ1n) is 8.68. The van der Waals surface area contributed by atoms with Crippen molar-refractivity contribution in [1.29, 1.82) is 0 Å². The second-order valence-electron chi connectivity index (χ2n) is 5.92. The maximum absolute atomic E-state index is 11.8. The Morgan fingerprint density at radius 1 is 1.15 bits per heavy atom. The van der Waals surface area contributed by atoms with Gasteiger partial charge in [-0.1, -0.05) is 42.5 Å². The lowest BCUT2D eigenvalue weighted by molar-refractivity contribution is -0.111. The zero-order valence-corrected chi connectivity index (χ0v) is 16.0. The smallest absolute Gasteiger partial charge is 0.248 e. The van der Waals surface area contributed by atoms with Gasteiger partial charge in [-0.25, -0.2) is 0 Å². The van der Waals surface area contributed by atoms with Crippen LogP contribution in [0.4, 0.5) is 5.69 Å². The Balaban J connectivity index is 1.71. The van der Waals surface area contributed by atoms with Gasteiger partial charge in [0.1, 0.15) is 0 Å². The van der Waals surface area contributed by atoms with Gasteiger partial charge < -0.3 is 20.5 Å². The van der Waals surface area contributed by atoms with E-state index < -0.39 is 6.10 Å². The summed E-state index contributed by atoms with van der Waals surface area (Å²) in [6.07, 6.45) is 3.09. The number of hydrogen-bond donors (Lipinski definition) is 3. The predicted molar refractivity (Wildman–Crippen MR) is 112 cm³/mol. The third-order valence-corrected chi connectivity index (χ3v) is 4.21. The number of methoxy groups -OCH3 is 1. The molecule has 0 bridgehead atoms. The minimum absolute atomic E-state index is 0.255. The maximum Gasteiger partial charge on any atom is 0.248 e. The van der Waals surface area contributed by atoms with E-state index in [2.05, 4.69) is 10.6 Å². The number of amides is 1. The van der Waals surface area contributed by atoms with Crippen molar-refractivity contribution in [2.75, 3.05) is 25.5 Å². The molecular weight excluding hydrogens is 360 g/mol. The molecular formula is C21H24N2O3S. The molecule has 142 valence electrons. The van der Waals surface area contributed by atoms with Crippen molar-refractivity contribution in [3.05, 3.63) is 77.9 Å². The van der Waals surface area contributed by atoms with Gasteiger partial charge in [-0.15, -0.1) is 0 Å². The van der Waals surface area contributed by atoms with Crippen LogP contribution in [-0.4, -0.2) is 36.3 Å². The summed E-state index contributed by atoms with van der Waals surface area (Å²) in [5.41, 5.74) is 2.76. The van der Waals surface area contributed by atoms with E-state index in [4.69, 9.17) is 17.0 Å². The number of rotatable bonds is 9. The van der Waals surface area contributed by atoms with E-state index in [-0.39, 0.29) is 11.0 Å². The maximum atomic E-state index is 11.8. The molecule has 0 saturated heterocycles. The highest BCUT2D eigenvalue weighted by Crippen LogP contribution is 2.12. The number of aliphatic hydroxyl groups excluding tert-OH is 1. The Hall–Kier alpha value is -2.54. The van der Waals surface area contributed by atoms with Crippen molar-refractivity contribution in [3.8, 4) is 0 Å². The van der Waals surface area contributed by atoms with Crippen LogP contribution in [0.15, 0.2) is 66.7 Å². The molecule has 2 aromatic carbocycles. The quantitative estimate of drug-likeness (QED) is 0.352. The van der Waals surface area contributed by atoms with Gasteiger partial charge in [0.05, 0.1) is 13.2 Å². The summed E-state index contributed by atoms with van der Waals surface area (Å²) >= 11 is 4.84. The largest absolute Gasteiger partial charge is 0.487 e. The van der Waals surface area contributed by atoms with E-state index >= 15 is 0 Å². The monoisotopic (exact) mass is 384 g/mol. The minimum Gasteiger partial charge on any atom is -0.487 e. The van der Waals surface area contributed by atoms with Crippen molar-refractivity contribution in [2.24, 2.45) is 0 Å². The summed E-state index contributed by atoms with van der Waals surface area (Å²) in [6.45, 7) is 1.26. The number of aliphatic hydroxyl groups is 1. The van der Waals surface area contributed by atoms with Crippen LogP contribution >= 0.6 is 12.2 Å². The molecule has 1 amide bonds. The van der Waals surface area contributed by atoms with Crippen LogP contribution in [0.1, 0.15) is 17.2 Å². The van der Waals surface area contributed by atoms with Gasteiger partial charge in [0.2, 0.25) is 5.91 Å². The summed E-state index contributed by atoms with van der Waals surface area (Å²) in [5.74, 6) is -0.265. The molecule has 0 heterocycles. The van der Waals surface area contributed by atoms with Crippen LogP contribution in [0.25, 0.3) is 0 Å². The van der Waals surface area contributed by atoms with E-state index in [0.29, 0.717) is 12.2 Å². The summed E-state index contributed by atoms with van der Waals surface area (Å²) in [6, 6.07) is 17.2. The van der Waals surface area contributed by atoms with E-state index in [1.54, 1.807) is 0 Å². The van der Waals surface area contributed by atoms with Gasteiger partial charge in [-0.3, -0.25) is 4.79 Å². The Labute approximate surface area is 165 Å². The lowest BCUT2D eigenvalue weighted by Gasteiger charge is -2.12. The van der Waals surface area contributed by atoms with Gasteiger partial charge in [-0.05, 0) is 54.5 Å². The molecule has 0 aliphatic carbocycles. The highest BCUT2D eigenvalue weighted by Gasteiger charge is 2.05. The summed E-state index contributed by atoms with van der Waals surface area (Å²) < 4.78 is 4.80. The number of nitrogens with one attached hydrogen (secondary N) is 2. The standard InChI is InChI=1S/C21H24N2O3S/c1-26-21(27)12-11-20(25)23-18-9-7-16(8-10-18)13-14-22-15-19(24)17-5-3-2-4-6-17/h2-12,19,22,24H,13-15H2,1H3,(H,23,25)/b12-11-. The molecule has 0 aliphatic rings. The Morgan fingerprint density at radius 2 is 1.85 bits per heavy atom. The van der Waals surface area contributed by atoms with Crippen LogP contribution < -0.4 is 10.6 Å². The van der Waals surface area contributed by atoms with Crippen LogP contribution in [0, 0.1) is 0 Å². The topological polar surface area (TPSA) is 70.6 Å². The first kappa shape index (κ1) is 20.8. The molecule has 6 heteroatoms. The van der Waals surface area contributed by atoms with E-state index in [0.717, 1.165) is 24.1 Å². The van der Waals surface area contributed by atoms with Gasteiger partial charge in [0.15, 0.2) is 5.05 Å². The van der Waals surface area contributed by atoms with Crippen molar-refractivity contribution in [2.45, 2.75) is 12.5 Å². The van der Waals surface area contributed by atoms with Crippen LogP contribution in [0.2, 0.25) is 0 Å². The zero-order chi connectivity index (χ0) is 19.5. The molecule has 0 spiro atoms. The lowest BCUT2D eigenvalue weighted by Crippen LogP contribution is -2.23. The van der Waals surface area contributed by atoms with Crippen molar-refractivity contribution in [3.63, 3.8) is 0 Å². The molecule has 0 saturated carbocycles. The highest BCUT2D eigenvalue weighted by atomic mass is 32.1. The molecule has 0 fully saturated rings. The number of benzene rings is 2. The first-order chi connectivity index (χ1) is 13.1. The number of carbonyl (C=O) groups is 1. The minimum atomic E-state index is -0.511. The average molecular weight is 385 g/mol. The van der Waals surface area contributed by atoms with Gasteiger partial charge in [0, 0.05) is 18.3 Å². The second-order valence-corrected chi connectivity index (χ2v) is 6.33. The fourth-order valence-electron chi connectivity index (χ4n) is 2.41. The van der Waals surface area contributed by atoms with Crippen LogP contribution in [0.5, 0.6) is 0 Å². The van der Waals surface area contributed by atoms with E-state index in [9.17, 15) is 9.90 Å². The summed E-state index contributed by atoms with van der Waals surface area (Å²) in [4.78, 5) is 11.8. The van der Waals surface area contributed by atoms with Crippen LogP contribution in [0.3, 0.4) is 0 Å². The SMILES string of the molecule is COC(=S)/C=C\C(=O)Nc1ccc(CCNCC(O)c2ccccc2)cc1. The molecule has 0 aromatic heterocycles. The third-order valence-electron chi connectivity index (χ3n) is 3.91. The molecule has 2 rings (SSSR count). The number of thiocarbonyl (C=S) groups is 1. The molecule has 27 heavy (non-hydrogen) atoms. The molecule has 2 aromatic rings. The molecule has 1 atom stereocenters. The van der Waals surface area contributed by atoms with Gasteiger partial charge in [-0.2, -0.15) is 0 Å². The van der Waals surface area contributed by atoms with Gasteiger partial charge in [0.25, 0.3) is 0 Å². The van der Waals surface area contributed by atoms with Gasteiger partial charge >= 0.3 is 0 Å². The average Bonchev–Trinajstić information content (AvgIpc) is 2.71. The number of anilines is 1. The summed E-state index contributed by atoms with van der Waals surface area (Å²) in [7, 11) is 1.46. The first-order valence-corrected chi connectivity index (χ1v) is 9.09. The number of carbonyl (C=O) groups excluding carboxylic acids is 1. The molecule has 1 unspecified atom stereocenters. The highest BCUT2D eigenvalue weighted by molar-refractivity contribution is 7.80. The Kier molecular flexibility index (Phi) is 8.64. The van der Waals surface area contributed by atoms with Crippen LogP contribution in [-0.2, 0) is 16.0 Å². The molecule has 3 N–H and O–H groups in total. The lowest BCUT2D eigenvalue weighted by atomic mass is 10.1. The van der Waals surface area contributed by atoms with Crippen molar-refractivity contribution >= 4 is 28.9 Å². The summed E-state index contributed by atoms with van der Waals surface area (Å²) in [5, 5.41) is 16.4. The molecule has 5 nitrogen and oxygen atoms in total. The fourth-order valence-corrected chi connectivity index (χ4v) is 2.48. The van der Waals surface area contributed by atoms with E-state index in [1.807, 2.05) is 54.6 Å². The third kappa shape index (κ3) is 7.70. The van der Waals surface area contributed by atoms with Crippen molar-refractivity contribution in [1.82, 2.24) is 5.32 Å². The predicted octanol–water partition coefficient (Wildman–Crippen LogP) is 3.02. The number of ether oxygens (including phenoxy) is 1. The fraction of sp³-hybridized carbons (Fsp3) is 0.238. The molecule has 0 aliphatic heterocycles. The molecule has 0 radical (unpaired) electrons. The Morgan fingerprint density at radius 3 is 2.52 bits per heavy atom. The zero-order valence-electron chi connectivity index (χ0n) is 15.2. The number of hydrogen-bond acceptors (Lipinski definition) is 5. The van der Waals surface area contributed by atoms with Crippen molar-refractivity contribution < 1.29 is 14.6 Å². The van der Waals surface area contributed by atoms with E-state index in [1.165, 1.54) is 19.3 Å². The second kappa shape index (κ2) is 11.2. The Bertz CT molecular complexity index is 761.